The summed E-state index contributed by atoms with van der Waals surface area (Å²) in [6.45, 7) is 6.02. The molecule has 0 bridgehead atoms. The van der Waals surface area contributed by atoms with Gasteiger partial charge in [0.05, 0.1) is 12.7 Å². The van der Waals surface area contributed by atoms with Gasteiger partial charge in [0.25, 0.3) is 0 Å². The molecule has 0 saturated carbocycles. The molecule has 1 aromatic carbocycles. The first-order valence-corrected chi connectivity index (χ1v) is 9.63. The molecule has 0 aliphatic heterocycles. The second kappa shape index (κ2) is 7.71. The minimum Gasteiger partial charge on any atom is -0.465 e. The van der Waals surface area contributed by atoms with Crippen LogP contribution in [0.4, 0.5) is 0 Å². The quantitative estimate of drug-likeness (QED) is 0.686. The van der Waals surface area contributed by atoms with Crippen LogP contribution in [0.1, 0.15) is 74.4 Å². The van der Waals surface area contributed by atoms with Crippen LogP contribution in [0.3, 0.4) is 0 Å². The summed E-state index contributed by atoms with van der Waals surface area (Å²) < 4.78 is 10.6. The monoisotopic (exact) mass is 368 g/mol. The van der Waals surface area contributed by atoms with E-state index in [0.717, 1.165) is 55.2 Å². The third kappa shape index (κ3) is 4.32. The van der Waals surface area contributed by atoms with E-state index in [1.165, 1.54) is 19.6 Å². The first-order chi connectivity index (χ1) is 12.8. The molecule has 4 heteroatoms. The third-order valence-electron chi connectivity index (χ3n) is 5.52. The normalized spacial score (nSPS) is 18.9. The van der Waals surface area contributed by atoms with Gasteiger partial charge in [0.1, 0.15) is 5.76 Å². The first kappa shape index (κ1) is 19.4. The Morgan fingerprint density at radius 2 is 1.89 bits per heavy atom. The summed E-state index contributed by atoms with van der Waals surface area (Å²) in [4.78, 5) is 23.7. The summed E-state index contributed by atoms with van der Waals surface area (Å²) >= 11 is 0. The van der Waals surface area contributed by atoms with Crippen molar-refractivity contribution in [3.63, 3.8) is 0 Å². The van der Waals surface area contributed by atoms with E-state index in [4.69, 9.17) is 9.47 Å². The molecule has 144 valence electrons. The van der Waals surface area contributed by atoms with E-state index in [-0.39, 0.29) is 11.9 Å². The standard InChI is InChI=1S/C23H28O4/c1-15(24)27-21-19(16-10-12-23(2,3)13-11-16)7-5-6-17-14-18(22(25)26-4)8-9-20(17)21/h8-10,14H,5-7,11-13H2,1-4H3. The molecule has 2 aliphatic carbocycles. The molecule has 0 N–H and O–H groups in total. The van der Waals surface area contributed by atoms with Crippen molar-refractivity contribution in [2.75, 3.05) is 7.11 Å². The molecular formula is C23H28O4. The summed E-state index contributed by atoms with van der Waals surface area (Å²) in [6.07, 6.45) is 8.15. The highest BCUT2D eigenvalue weighted by atomic mass is 16.5. The van der Waals surface area contributed by atoms with E-state index >= 15 is 0 Å². The summed E-state index contributed by atoms with van der Waals surface area (Å²) in [7, 11) is 1.38. The highest BCUT2D eigenvalue weighted by Gasteiger charge is 2.27. The van der Waals surface area contributed by atoms with Gasteiger partial charge in [0.15, 0.2) is 0 Å². The maximum Gasteiger partial charge on any atom is 0.337 e. The molecule has 27 heavy (non-hydrogen) atoms. The molecule has 0 radical (unpaired) electrons. The topological polar surface area (TPSA) is 52.6 Å². The van der Waals surface area contributed by atoms with Crippen molar-refractivity contribution >= 4 is 17.7 Å². The molecular weight excluding hydrogens is 340 g/mol. The largest absolute Gasteiger partial charge is 0.465 e. The number of hydrogen-bond acceptors (Lipinski definition) is 4. The SMILES string of the molecule is COC(=O)c1ccc2c(c1)CCCC(C1=CCC(C)(C)CC1)=C2OC(C)=O. The van der Waals surface area contributed by atoms with E-state index < -0.39 is 0 Å². The van der Waals surface area contributed by atoms with Crippen molar-refractivity contribution in [3.05, 3.63) is 52.1 Å². The Morgan fingerprint density at radius 3 is 2.52 bits per heavy atom. The van der Waals surface area contributed by atoms with Crippen molar-refractivity contribution in [1.29, 1.82) is 0 Å². The second-order valence-corrected chi connectivity index (χ2v) is 8.22. The zero-order valence-corrected chi connectivity index (χ0v) is 16.7. The van der Waals surface area contributed by atoms with Gasteiger partial charge in [-0.25, -0.2) is 4.79 Å². The van der Waals surface area contributed by atoms with E-state index in [9.17, 15) is 9.59 Å². The number of hydrogen-bond donors (Lipinski definition) is 0. The van der Waals surface area contributed by atoms with Crippen molar-refractivity contribution in [3.8, 4) is 0 Å². The highest BCUT2D eigenvalue weighted by molar-refractivity contribution is 5.90. The minimum atomic E-state index is -0.350. The van der Waals surface area contributed by atoms with Gasteiger partial charge in [-0.15, -0.1) is 0 Å². The van der Waals surface area contributed by atoms with Crippen molar-refractivity contribution in [2.45, 2.75) is 59.3 Å². The molecule has 0 saturated heterocycles. The van der Waals surface area contributed by atoms with Gasteiger partial charge in [0.2, 0.25) is 0 Å². The van der Waals surface area contributed by atoms with Gasteiger partial charge in [-0.1, -0.05) is 26.0 Å². The molecule has 0 amide bonds. The van der Waals surface area contributed by atoms with Crippen LogP contribution in [0.5, 0.6) is 0 Å². The number of fused-ring (bicyclic) bond motifs is 1. The maximum atomic E-state index is 11.9. The van der Waals surface area contributed by atoms with Crippen molar-refractivity contribution < 1.29 is 19.1 Å². The molecule has 0 heterocycles. The Kier molecular flexibility index (Phi) is 5.54. The molecule has 2 aliphatic rings. The molecule has 0 aromatic heterocycles. The molecule has 4 nitrogen and oxygen atoms in total. The number of allylic oxidation sites excluding steroid dienone is 3. The first-order valence-electron chi connectivity index (χ1n) is 9.63. The van der Waals surface area contributed by atoms with Crippen LogP contribution in [-0.2, 0) is 20.7 Å². The number of esters is 2. The maximum absolute atomic E-state index is 11.9. The Balaban J connectivity index is 2.09. The van der Waals surface area contributed by atoms with Crippen LogP contribution >= 0.6 is 0 Å². The smallest absolute Gasteiger partial charge is 0.337 e. The van der Waals surface area contributed by atoms with Crippen LogP contribution in [0.25, 0.3) is 5.76 Å². The number of carbonyl (C=O) groups excluding carboxylic acids is 2. The Morgan fingerprint density at radius 1 is 1.11 bits per heavy atom. The summed E-state index contributed by atoms with van der Waals surface area (Å²) in [6, 6.07) is 5.50. The lowest BCUT2D eigenvalue weighted by Crippen LogP contribution is -2.16. The van der Waals surface area contributed by atoms with Gasteiger partial charge in [-0.3, -0.25) is 4.79 Å². The number of benzene rings is 1. The Labute approximate surface area is 161 Å². The van der Waals surface area contributed by atoms with Crippen LogP contribution < -0.4 is 0 Å². The average Bonchev–Trinajstić information content (AvgIpc) is 2.80. The minimum absolute atomic E-state index is 0.316. The number of ether oxygens (including phenoxy) is 2. The summed E-state index contributed by atoms with van der Waals surface area (Å²) in [5.74, 6) is -0.000915. The van der Waals surface area contributed by atoms with E-state index in [0.29, 0.717) is 16.7 Å². The second-order valence-electron chi connectivity index (χ2n) is 8.22. The van der Waals surface area contributed by atoms with E-state index in [1.807, 2.05) is 12.1 Å². The van der Waals surface area contributed by atoms with Crippen molar-refractivity contribution in [1.82, 2.24) is 0 Å². The van der Waals surface area contributed by atoms with E-state index in [2.05, 4.69) is 19.9 Å². The highest BCUT2D eigenvalue weighted by Crippen LogP contribution is 2.42. The molecule has 1 aromatic rings. The van der Waals surface area contributed by atoms with E-state index in [1.54, 1.807) is 6.07 Å². The number of methoxy groups -OCH3 is 1. The van der Waals surface area contributed by atoms with Gasteiger partial charge in [0, 0.05) is 12.5 Å². The zero-order chi connectivity index (χ0) is 19.6. The average molecular weight is 368 g/mol. The molecule has 0 unspecified atom stereocenters. The fraction of sp³-hybridized carbons (Fsp3) is 0.478. The van der Waals surface area contributed by atoms with Gasteiger partial charge < -0.3 is 9.47 Å². The fourth-order valence-electron chi connectivity index (χ4n) is 3.92. The summed E-state index contributed by atoms with van der Waals surface area (Å²) in [5.41, 5.74) is 5.24. The van der Waals surface area contributed by atoms with Crippen LogP contribution in [0.2, 0.25) is 0 Å². The summed E-state index contributed by atoms with van der Waals surface area (Å²) in [5, 5.41) is 0. The van der Waals surface area contributed by atoms with Crippen LogP contribution in [0, 0.1) is 5.41 Å². The van der Waals surface area contributed by atoms with Gasteiger partial charge >= 0.3 is 11.9 Å². The predicted molar refractivity (Wildman–Crippen MR) is 105 cm³/mol. The van der Waals surface area contributed by atoms with Crippen LogP contribution in [0.15, 0.2) is 35.4 Å². The Hall–Kier alpha value is -2.36. The molecule has 0 atom stereocenters. The van der Waals surface area contributed by atoms with Crippen molar-refractivity contribution in [2.24, 2.45) is 5.41 Å². The number of carbonyl (C=O) groups is 2. The van der Waals surface area contributed by atoms with Crippen LogP contribution in [-0.4, -0.2) is 19.0 Å². The fourth-order valence-corrected chi connectivity index (χ4v) is 3.92. The zero-order valence-electron chi connectivity index (χ0n) is 16.7. The molecule has 0 spiro atoms. The molecule has 0 fully saturated rings. The molecule has 3 rings (SSSR count). The third-order valence-corrected chi connectivity index (χ3v) is 5.52. The lowest BCUT2D eigenvalue weighted by Gasteiger charge is -2.30. The lowest BCUT2D eigenvalue weighted by atomic mass is 9.76. The number of aryl methyl sites for hydroxylation is 1. The lowest BCUT2D eigenvalue weighted by molar-refractivity contribution is -0.134. The predicted octanol–water partition coefficient (Wildman–Crippen LogP) is 5.22. The van der Waals surface area contributed by atoms with Gasteiger partial charge in [-0.2, -0.15) is 0 Å². The van der Waals surface area contributed by atoms with Gasteiger partial charge in [-0.05, 0) is 72.8 Å². The number of rotatable bonds is 3. The Bertz CT molecular complexity index is 827.